The van der Waals surface area contributed by atoms with E-state index in [0.717, 1.165) is 11.1 Å². The SMILES string of the molecule is Cc1cc(C)c2c(c1)[C@H](NC(=O)C(F)(F)F)C[C@H]2O. The van der Waals surface area contributed by atoms with Crippen molar-refractivity contribution < 1.29 is 23.1 Å². The molecule has 0 fully saturated rings. The Kier molecular flexibility index (Phi) is 3.30. The summed E-state index contributed by atoms with van der Waals surface area (Å²) in [6.07, 6.45) is -5.68. The van der Waals surface area contributed by atoms with Crippen LogP contribution in [0, 0.1) is 13.8 Å². The minimum Gasteiger partial charge on any atom is -0.388 e. The number of carbonyl (C=O) groups is 1. The third-order valence-electron chi connectivity index (χ3n) is 3.29. The summed E-state index contributed by atoms with van der Waals surface area (Å²) >= 11 is 0. The quantitative estimate of drug-likeness (QED) is 0.825. The highest BCUT2D eigenvalue weighted by molar-refractivity contribution is 5.82. The van der Waals surface area contributed by atoms with Gasteiger partial charge in [0.2, 0.25) is 0 Å². The number of nitrogens with one attached hydrogen (secondary N) is 1. The lowest BCUT2D eigenvalue weighted by atomic mass is 9.99. The Balaban J connectivity index is 2.32. The molecule has 1 amide bonds. The number of halogens is 3. The zero-order chi connectivity index (χ0) is 14.4. The largest absolute Gasteiger partial charge is 0.471 e. The molecule has 2 N–H and O–H groups in total. The van der Waals surface area contributed by atoms with E-state index in [1.807, 2.05) is 18.3 Å². The fourth-order valence-corrected chi connectivity index (χ4v) is 2.60. The first-order chi connectivity index (χ1) is 8.70. The number of fused-ring (bicyclic) bond motifs is 1. The molecule has 3 nitrogen and oxygen atoms in total. The van der Waals surface area contributed by atoms with Crippen LogP contribution in [0.5, 0.6) is 0 Å². The molecule has 0 radical (unpaired) electrons. The predicted octanol–water partition coefficient (Wildman–Crippen LogP) is 2.46. The highest BCUT2D eigenvalue weighted by atomic mass is 19.4. The van der Waals surface area contributed by atoms with E-state index in [2.05, 4.69) is 0 Å². The van der Waals surface area contributed by atoms with Crippen LogP contribution in [-0.4, -0.2) is 17.2 Å². The van der Waals surface area contributed by atoms with Gasteiger partial charge in [-0.15, -0.1) is 0 Å². The topological polar surface area (TPSA) is 49.3 Å². The van der Waals surface area contributed by atoms with Crippen molar-refractivity contribution in [2.24, 2.45) is 0 Å². The first kappa shape index (κ1) is 13.9. The van der Waals surface area contributed by atoms with E-state index in [4.69, 9.17) is 0 Å². The Bertz CT molecular complexity index is 525. The number of aliphatic hydroxyl groups excluding tert-OH is 1. The van der Waals surface area contributed by atoms with Crippen LogP contribution < -0.4 is 5.32 Å². The van der Waals surface area contributed by atoms with E-state index in [0.29, 0.717) is 11.1 Å². The molecule has 0 spiro atoms. The van der Waals surface area contributed by atoms with Gasteiger partial charge in [0.05, 0.1) is 12.1 Å². The maximum atomic E-state index is 12.3. The summed E-state index contributed by atoms with van der Waals surface area (Å²) in [5.74, 6) is -1.98. The van der Waals surface area contributed by atoms with E-state index in [-0.39, 0.29) is 6.42 Å². The van der Waals surface area contributed by atoms with Gasteiger partial charge in [-0.25, -0.2) is 0 Å². The summed E-state index contributed by atoms with van der Waals surface area (Å²) < 4.78 is 36.8. The maximum absolute atomic E-state index is 12.3. The second-order valence-corrected chi connectivity index (χ2v) is 4.86. The van der Waals surface area contributed by atoms with Crippen LogP contribution in [0.15, 0.2) is 12.1 Å². The van der Waals surface area contributed by atoms with Crippen molar-refractivity contribution in [1.29, 1.82) is 0 Å². The summed E-state index contributed by atoms with van der Waals surface area (Å²) in [6.45, 7) is 3.61. The second kappa shape index (κ2) is 4.52. The maximum Gasteiger partial charge on any atom is 0.471 e. The fraction of sp³-hybridized carbons (Fsp3) is 0.462. The fourth-order valence-electron chi connectivity index (χ4n) is 2.60. The average molecular weight is 273 g/mol. The van der Waals surface area contributed by atoms with Crippen LogP contribution in [0.1, 0.15) is 40.8 Å². The van der Waals surface area contributed by atoms with Gasteiger partial charge < -0.3 is 10.4 Å². The van der Waals surface area contributed by atoms with E-state index >= 15 is 0 Å². The van der Waals surface area contributed by atoms with Crippen molar-refractivity contribution in [1.82, 2.24) is 5.32 Å². The average Bonchev–Trinajstić information content (AvgIpc) is 2.54. The van der Waals surface area contributed by atoms with Gasteiger partial charge in [-0.1, -0.05) is 17.7 Å². The first-order valence-corrected chi connectivity index (χ1v) is 5.87. The van der Waals surface area contributed by atoms with Crippen molar-refractivity contribution in [3.05, 3.63) is 34.4 Å². The molecule has 0 unspecified atom stereocenters. The molecule has 2 rings (SSSR count). The molecule has 0 aromatic heterocycles. The molecule has 0 aliphatic heterocycles. The number of aryl methyl sites for hydroxylation is 2. The third kappa shape index (κ3) is 2.58. The van der Waals surface area contributed by atoms with E-state index in [1.165, 1.54) is 0 Å². The molecule has 1 aliphatic rings. The zero-order valence-corrected chi connectivity index (χ0v) is 10.5. The lowest BCUT2D eigenvalue weighted by Crippen LogP contribution is -2.38. The third-order valence-corrected chi connectivity index (χ3v) is 3.29. The van der Waals surface area contributed by atoms with Crippen molar-refractivity contribution in [2.75, 3.05) is 0 Å². The number of amides is 1. The van der Waals surface area contributed by atoms with Crippen LogP contribution in [0.2, 0.25) is 0 Å². The molecule has 1 aliphatic carbocycles. The molecular formula is C13H14F3NO2. The number of alkyl halides is 3. The van der Waals surface area contributed by atoms with Crippen molar-refractivity contribution in [2.45, 2.75) is 38.6 Å². The number of carbonyl (C=O) groups excluding carboxylic acids is 1. The molecule has 6 heteroatoms. The lowest BCUT2D eigenvalue weighted by Gasteiger charge is -2.16. The highest BCUT2D eigenvalue weighted by Gasteiger charge is 2.42. The van der Waals surface area contributed by atoms with Crippen molar-refractivity contribution >= 4 is 5.91 Å². The van der Waals surface area contributed by atoms with Gasteiger partial charge in [0, 0.05) is 6.42 Å². The van der Waals surface area contributed by atoms with E-state index < -0.39 is 24.2 Å². The zero-order valence-electron chi connectivity index (χ0n) is 10.5. The molecule has 0 saturated carbocycles. The molecule has 2 atom stereocenters. The van der Waals surface area contributed by atoms with Crippen LogP contribution >= 0.6 is 0 Å². The molecule has 0 bridgehead atoms. The second-order valence-electron chi connectivity index (χ2n) is 4.86. The van der Waals surface area contributed by atoms with Gasteiger partial charge >= 0.3 is 12.1 Å². The molecule has 0 saturated heterocycles. The van der Waals surface area contributed by atoms with Crippen LogP contribution in [0.25, 0.3) is 0 Å². The monoisotopic (exact) mass is 273 g/mol. The molecule has 1 aromatic rings. The summed E-state index contributed by atoms with van der Waals surface area (Å²) in [4.78, 5) is 11.0. The number of rotatable bonds is 1. The number of benzene rings is 1. The minimum absolute atomic E-state index is 0.0709. The summed E-state index contributed by atoms with van der Waals surface area (Å²) in [7, 11) is 0. The molecular weight excluding hydrogens is 259 g/mol. The standard InChI is InChI=1S/C13H14F3NO2/c1-6-3-7(2)11-8(4-6)9(5-10(11)18)17-12(19)13(14,15)16/h3-4,9-10,18H,5H2,1-2H3,(H,17,19)/t9-,10-/m1/s1. The van der Waals surface area contributed by atoms with Gasteiger partial charge in [0.1, 0.15) is 0 Å². The molecule has 104 valence electrons. The Morgan fingerprint density at radius 2 is 2.00 bits per heavy atom. The Morgan fingerprint density at radius 1 is 1.37 bits per heavy atom. The summed E-state index contributed by atoms with van der Waals surface area (Å²) in [5, 5.41) is 11.8. The first-order valence-electron chi connectivity index (χ1n) is 5.87. The summed E-state index contributed by atoms with van der Waals surface area (Å²) in [5.41, 5.74) is 2.91. The van der Waals surface area contributed by atoms with Crippen LogP contribution in [0.3, 0.4) is 0 Å². The normalized spacial score (nSPS) is 22.2. The Morgan fingerprint density at radius 3 is 2.58 bits per heavy atom. The van der Waals surface area contributed by atoms with Gasteiger partial charge in [-0.3, -0.25) is 4.79 Å². The molecule has 19 heavy (non-hydrogen) atoms. The highest BCUT2D eigenvalue weighted by Crippen LogP contribution is 2.41. The smallest absolute Gasteiger partial charge is 0.388 e. The van der Waals surface area contributed by atoms with Crippen molar-refractivity contribution in [3.63, 3.8) is 0 Å². The number of aliphatic hydroxyl groups is 1. The van der Waals surface area contributed by atoms with Gasteiger partial charge in [-0.2, -0.15) is 13.2 Å². The van der Waals surface area contributed by atoms with E-state index in [1.54, 1.807) is 13.0 Å². The number of hydrogen-bond donors (Lipinski definition) is 2. The minimum atomic E-state index is -4.91. The summed E-state index contributed by atoms with van der Waals surface area (Å²) in [6, 6.07) is 2.77. The van der Waals surface area contributed by atoms with Crippen molar-refractivity contribution in [3.8, 4) is 0 Å². The lowest BCUT2D eigenvalue weighted by molar-refractivity contribution is -0.174. The van der Waals surface area contributed by atoms with Gasteiger partial charge in [0.25, 0.3) is 0 Å². The predicted molar refractivity (Wildman–Crippen MR) is 62.4 cm³/mol. The van der Waals surface area contributed by atoms with Gasteiger partial charge in [0.15, 0.2) is 0 Å². The molecule has 0 heterocycles. The van der Waals surface area contributed by atoms with Crippen LogP contribution in [-0.2, 0) is 4.79 Å². The molecule has 1 aromatic carbocycles. The van der Waals surface area contributed by atoms with Gasteiger partial charge in [-0.05, 0) is 30.5 Å². The Labute approximate surface area is 108 Å². The van der Waals surface area contributed by atoms with E-state index in [9.17, 15) is 23.1 Å². The Hall–Kier alpha value is -1.56. The van der Waals surface area contributed by atoms with Crippen LogP contribution in [0.4, 0.5) is 13.2 Å². The number of hydrogen-bond acceptors (Lipinski definition) is 2.